The molecule has 1 aromatic heterocycles. The van der Waals surface area contributed by atoms with E-state index in [0.29, 0.717) is 28.5 Å². The Morgan fingerprint density at radius 2 is 1.68 bits per heavy atom. The summed E-state index contributed by atoms with van der Waals surface area (Å²) < 4.78 is 40.2. The Kier molecular flexibility index (Phi) is 7.90. The quantitative estimate of drug-likeness (QED) is 0.181. The topological polar surface area (TPSA) is 103 Å². The Bertz CT molecular complexity index is 1580. The molecule has 0 radical (unpaired) electrons. The minimum absolute atomic E-state index is 0.0384. The lowest BCUT2D eigenvalue weighted by Gasteiger charge is -2.19. The van der Waals surface area contributed by atoms with E-state index in [2.05, 4.69) is 4.72 Å². The summed E-state index contributed by atoms with van der Waals surface area (Å²) in [5, 5.41) is 0.528. The van der Waals surface area contributed by atoms with Crippen LogP contribution < -0.4 is 15.1 Å². The lowest BCUT2D eigenvalue weighted by molar-refractivity contribution is -0.136. The van der Waals surface area contributed by atoms with Crippen LogP contribution in [0.3, 0.4) is 0 Å². The van der Waals surface area contributed by atoms with Crippen LogP contribution in [-0.4, -0.2) is 14.4 Å². The number of carbonyl (C=O) groups excluding carboxylic acids is 1. The van der Waals surface area contributed by atoms with Crippen molar-refractivity contribution < 1.29 is 22.4 Å². The monoisotopic (exact) mass is 519 g/mol. The molecule has 1 heterocycles. The average Bonchev–Trinajstić information content (AvgIpc) is 2.86. The zero-order valence-corrected chi connectivity index (χ0v) is 21.8. The third kappa shape index (κ3) is 6.15. The summed E-state index contributed by atoms with van der Waals surface area (Å²) in [6, 6.07) is 18.4. The first kappa shape index (κ1) is 26.3. The van der Waals surface area contributed by atoms with Gasteiger partial charge >= 0.3 is 11.6 Å². The van der Waals surface area contributed by atoms with Crippen LogP contribution in [0, 0.1) is 13.8 Å². The van der Waals surface area contributed by atoms with Crippen molar-refractivity contribution in [2.75, 3.05) is 0 Å². The molecule has 0 unspecified atom stereocenters. The lowest BCUT2D eigenvalue weighted by atomic mass is 10.0. The number of carbonyl (C=O) groups is 1. The summed E-state index contributed by atoms with van der Waals surface area (Å²) in [5.41, 5.74) is 2.62. The number of hydrogen-bond donors (Lipinski definition) is 1. The number of rotatable bonds is 9. The van der Waals surface area contributed by atoms with E-state index in [0.717, 1.165) is 24.0 Å². The van der Waals surface area contributed by atoms with Gasteiger partial charge in [0.25, 0.3) is 0 Å². The molecule has 0 bridgehead atoms. The highest BCUT2D eigenvalue weighted by Gasteiger charge is 2.30. The third-order valence-electron chi connectivity index (χ3n) is 6.02. The first-order chi connectivity index (χ1) is 17.7. The molecule has 1 N–H and O–H groups in total. The van der Waals surface area contributed by atoms with Crippen molar-refractivity contribution in [1.29, 1.82) is 0 Å². The summed E-state index contributed by atoms with van der Waals surface area (Å²) in [6.07, 6.45) is 2.36. The van der Waals surface area contributed by atoms with Crippen LogP contribution in [0.1, 0.15) is 48.1 Å². The largest absolute Gasteiger partial charge is 0.424 e. The van der Waals surface area contributed by atoms with Gasteiger partial charge in [0.1, 0.15) is 17.4 Å². The maximum atomic E-state index is 13.6. The molecule has 1 atom stereocenters. The van der Waals surface area contributed by atoms with Crippen molar-refractivity contribution in [2.45, 2.75) is 51.0 Å². The van der Waals surface area contributed by atoms with Crippen LogP contribution in [0.4, 0.5) is 0 Å². The fourth-order valence-corrected chi connectivity index (χ4v) is 5.29. The van der Waals surface area contributed by atoms with Gasteiger partial charge in [0.05, 0.1) is 10.3 Å². The number of hydrogen-bond acceptors (Lipinski definition) is 6. The Balaban J connectivity index is 1.76. The lowest BCUT2D eigenvalue weighted by Crippen LogP contribution is -2.36. The molecule has 37 heavy (non-hydrogen) atoms. The van der Waals surface area contributed by atoms with Crippen molar-refractivity contribution in [3.05, 3.63) is 105 Å². The molecule has 0 spiro atoms. The average molecular weight is 520 g/mol. The summed E-state index contributed by atoms with van der Waals surface area (Å²) >= 11 is 0. The van der Waals surface area contributed by atoms with Crippen LogP contribution in [0.5, 0.6) is 5.75 Å². The highest BCUT2D eigenvalue weighted by Crippen LogP contribution is 2.32. The molecule has 0 saturated heterocycles. The van der Waals surface area contributed by atoms with Gasteiger partial charge in [-0.25, -0.2) is 18.0 Å². The molecule has 0 aliphatic heterocycles. The number of esters is 1. The Hall–Kier alpha value is -3.75. The minimum atomic E-state index is -4.05. The predicted octanol–water partition coefficient (Wildman–Crippen LogP) is 5.38. The fraction of sp³-hybridized carbons (Fsp3) is 0.241. The minimum Gasteiger partial charge on any atom is -0.424 e. The molecule has 0 fully saturated rings. The van der Waals surface area contributed by atoms with E-state index < -0.39 is 27.7 Å². The summed E-state index contributed by atoms with van der Waals surface area (Å²) in [7, 11) is -4.05. The Morgan fingerprint density at radius 3 is 2.35 bits per heavy atom. The second-order valence-electron chi connectivity index (χ2n) is 9.03. The van der Waals surface area contributed by atoms with Crippen LogP contribution in [-0.2, 0) is 21.2 Å². The summed E-state index contributed by atoms with van der Waals surface area (Å²) in [5.74, 6) is -0.591. The van der Waals surface area contributed by atoms with E-state index in [4.69, 9.17) is 9.15 Å². The number of aryl methyl sites for hydroxylation is 3. The predicted molar refractivity (Wildman–Crippen MR) is 142 cm³/mol. The SMILES string of the molecule is CCCCc1cc(=O)oc2cc(C)cc(OC(=O)[C@@H](NS(=O)(=O)c3ccc(C)cc3)c3ccccc3)c12. The smallest absolute Gasteiger partial charge is 0.336 e. The molecular formula is C29H29NO6S. The van der Waals surface area contributed by atoms with Crippen molar-refractivity contribution in [2.24, 2.45) is 0 Å². The molecule has 0 aliphatic rings. The third-order valence-corrected chi connectivity index (χ3v) is 7.46. The number of nitrogens with one attached hydrogen (secondary N) is 1. The van der Waals surface area contributed by atoms with E-state index in [1.165, 1.54) is 18.2 Å². The van der Waals surface area contributed by atoms with Gasteiger partial charge in [-0.15, -0.1) is 0 Å². The van der Waals surface area contributed by atoms with E-state index in [1.807, 2.05) is 13.8 Å². The maximum absolute atomic E-state index is 13.6. The zero-order chi connectivity index (χ0) is 26.6. The van der Waals surface area contributed by atoms with E-state index in [9.17, 15) is 18.0 Å². The molecule has 7 nitrogen and oxygen atoms in total. The highest BCUT2D eigenvalue weighted by atomic mass is 32.2. The van der Waals surface area contributed by atoms with Crippen molar-refractivity contribution in [1.82, 2.24) is 4.72 Å². The van der Waals surface area contributed by atoms with Gasteiger partial charge in [-0.3, -0.25) is 0 Å². The van der Waals surface area contributed by atoms with E-state index >= 15 is 0 Å². The van der Waals surface area contributed by atoms with Gasteiger partial charge in [0.15, 0.2) is 0 Å². The molecule has 4 rings (SSSR count). The Morgan fingerprint density at radius 1 is 0.973 bits per heavy atom. The number of ether oxygens (including phenoxy) is 1. The molecule has 0 saturated carbocycles. The second kappa shape index (κ2) is 11.1. The standard InChI is InChI=1S/C29H29NO6S/c1-4-5-9-22-18-26(31)35-24-16-20(3)17-25(27(22)24)36-29(32)28(21-10-7-6-8-11-21)30-37(33,34)23-14-12-19(2)13-15-23/h6-8,10-18,28,30H,4-5,9H2,1-3H3/t28-/m0/s1. The molecule has 3 aromatic carbocycles. The number of sulfonamides is 1. The van der Waals surface area contributed by atoms with E-state index in [-0.39, 0.29) is 10.6 Å². The van der Waals surface area contributed by atoms with Gasteiger partial charge < -0.3 is 9.15 Å². The number of benzene rings is 3. The molecule has 192 valence electrons. The summed E-state index contributed by atoms with van der Waals surface area (Å²) in [4.78, 5) is 25.8. The van der Waals surface area contributed by atoms with Crippen LogP contribution >= 0.6 is 0 Å². The van der Waals surface area contributed by atoms with Crippen molar-refractivity contribution in [3.8, 4) is 5.75 Å². The van der Waals surface area contributed by atoms with E-state index in [1.54, 1.807) is 61.5 Å². The second-order valence-corrected chi connectivity index (χ2v) is 10.7. The first-order valence-corrected chi connectivity index (χ1v) is 13.6. The zero-order valence-electron chi connectivity index (χ0n) is 21.0. The molecule has 4 aromatic rings. The normalized spacial score (nSPS) is 12.4. The van der Waals surface area contributed by atoms with Crippen LogP contribution in [0.15, 0.2) is 86.9 Å². The van der Waals surface area contributed by atoms with Gasteiger partial charge in [-0.1, -0.05) is 61.4 Å². The number of fused-ring (bicyclic) bond motifs is 1. The number of unbranched alkanes of at least 4 members (excludes halogenated alkanes) is 1. The van der Waals surface area contributed by atoms with Crippen LogP contribution in [0.25, 0.3) is 11.0 Å². The van der Waals surface area contributed by atoms with Gasteiger partial charge in [-0.2, -0.15) is 4.72 Å². The Labute approximate surface area is 216 Å². The van der Waals surface area contributed by atoms with Crippen LogP contribution in [0.2, 0.25) is 0 Å². The summed E-state index contributed by atoms with van der Waals surface area (Å²) in [6.45, 7) is 5.70. The first-order valence-electron chi connectivity index (χ1n) is 12.1. The fourth-order valence-electron chi connectivity index (χ4n) is 4.12. The van der Waals surface area contributed by atoms with Gasteiger partial charge in [0.2, 0.25) is 10.0 Å². The highest BCUT2D eigenvalue weighted by molar-refractivity contribution is 7.89. The molecule has 0 amide bonds. The van der Waals surface area contributed by atoms with Gasteiger partial charge in [-0.05, 0) is 67.6 Å². The van der Waals surface area contributed by atoms with Crippen molar-refractivity contribution >= 4 is 27.0 Å². The van der Waals surface area contributed by atoms with Crippen molar-refractivity contribution in [3.63, 3.8) is 0 Å². The van der Waals surface area contributed by atoms with Gasteiger partial charge in [0, 0.05) is 6.07 Å². The molecule has 8 heteroatoms. The molecular weight excluding hydrogens is 490 g/mol. The molecule has 0 aliphatic carbocycles. The maximum Gasteiger partial charge on any atom is 0.336 e.